The first-order chi connectivity index (χ1) is 13.8. The lowest BCUT2D eigenvalue weighted by atomic mass is 10.2. The lowest BCUT2D eigenvalue weighted by Crippen LogP contribution is -2.20. The third-order valence-corrected chi connectivity index (χ3v) is 3.81. The highest BCUT2D eigenvalue weighted by Gasteiger charge is 2.05. The van der Waals surface area contributed by atoms with Crippen molar-refractivity contribution in [2.75, 3.05) is 13.7 Å². The number of benzene rings is 2. The van der Waals surface area contributed by atoms with Crippen molar-refractivity contribution in [1.29, 1.82) is 0 Å². The fourth-order valence-corrected chi connectivity index (χ4v) is 2.49. The molecule has 0 bridgehead atoms. The van der Waals surface area contributed by atoms with Crippen LogP contribution in [0.25, 0.3) is 0 Å². The smallest absolute Gasteiger partial charge is 0.172 e. The molecule has 0 aliphatic carbocycles. The number of hydrogen-bond donors (Lipinski definition) is 1. The first-order valence-corrected chi connectivity index (χ1v) is 8.95. The summed E-state index contributed by atoms with van der Waals surface area (Å²) >= 11 is 0. The fraction of sp³-hybridized carbons (Fsp3) is 0.136. The van der Waals surface area contributed by atoms with E-state index in [0.717, 1.165) is 22.7 Å². The van der Waals surface area contributed by atoms with Crippen LogP contribution < -0.4 is 14.9 Å². The summed E-state index contributed by atoms with van der Waals surface area (Å²) in [5.74, 6) is 2.09. The summed E-state index contributed by atoms with van der Waals surface area (Å²) < 4.78 is 10.8. The maximum Gasteiger partial charge on any atom is 0.172 e. The van der Waals surface area contributed by atoms with Gasteiger partial charge >= 0.3 is 0 Å². The van der Waals surface area contributed by atoms with Crippen molar-refractivity contribution in [2.24, 2.45) is 10.1 Å². The molecule has 1 aromatic heterocycles. The molecule has 0 aliphatic heterocycles. The molecule has 3 aromatic rings. The first-order valence-electron chi connectivity index (χ1n) is 8.95. The van der Waals surface area contributed by atoms with Gasteiger partial charge in [-0.25, -0.2) is 4.99 Å². The van der Waals surface area contributed by atoms with Crippen LogP contribution in [-0.4, -0.2) is 30.8 Å². The molecule has 142 valence electrons. The predicted molar refractivity (Wildman–Crippen MR) is 112 cm³/mol. The highest BCUT2D eigenvalue weighted by Crippen LogP contribution is 2.19. The molecule has 0 amide bonds. The zero-order chi connectivity index (χ0) is 19.6. The second-order valence-electron chi connectivity index (χ2n) is 5.71. The Morgan fingerprint density at radius 3 is 2.54 bits per heavy atom. The molecule has 0 atom stereocenters. The number of hydrogen-bond acceptors (Lipinski definition) is 5. The molecule has 1 N–H and O–H groups in total. The molecule has 0 saturated carbocycles. The second kappa shape index (κ2) is 9.87. The van der Waals surface area contributed by atoms with Gasteiger partial charge < -0.3 is 9.47 Å². The van der Waals surface area contributed by atoms with Crippen molar-refractivity contribution in [2.45, 2.75) is 6.92 Å². The summed E-state index contributed by atoms with van der Waals surface area (Å²) in [5, 5.41) is 4.32. The lowest BCUT2D eigenvalue weighted by molar-refractivity contribution is 0.340. The summed E-state index contributed by atoms with van der Waals surface area (Å²) in [6.45, 7) is 2.58. The maximum absolute atomic E-state index is 5.47. The van der Waals surface area contributed by atoms with Gasteiger partial charge in [0, 0.05) is 11.8 Å². The topological polar surface area (TPSA) is 68.1 Å². The van der Waals surface area contributed by atoms with Gasteiger partial charge in [0.25, 0.3) is 0 Å². The molecule has 0 fully saturated rings. The number of aliphatic imine (C=N–C) groups is 1. The predicted octanol–water partition coefficient (Wildman–Crippen LogP) is 4.19. The summed E-state index contributed by atoms with van der Waals surface area (Å²) in [7, 11) is 1.63. The summed E-state index contributed by atoms with van der Waals surface area (Å²) in [6, 6.07) is 20.8. The molecule has 0 unspecified atom stereocenters. The monoisotopic (exact) mass is 374 g/mol. The van der Waals surface area contributed by atoms with E-state index in [0.29, 0.717) is 18.1 Å². The molecule has 0 saturated heterocycles. The number of methoxy groups -OCH3 is 1. The van der Waals surface area contributed by atoms with Crippen LogP contribution in [0.1, 0.15) is 18.2 Å². The third kappa shape index (κ3) is 5.17. The van der Waals surface area contributed by atoms with Gasteiger partial charge in [0.2, 0.25) is 0 Å². The number of nitrogens with one attached hydrogen (secondary N) is 1. The summed E-state index contributed by atoms with van der Waals surface area (Å²) in [4.78, 5) is 9.01. The van der Waals surface area contributed by atoms with Crippen molar-refractivity contribution >= 4 is 17.7 Å². The van der Waals surface area contributed by atoms with Crippen LogP contribution in [0.3, 0.4) is 0 Å². The average molecular weight is 374 g/mol. The Bertz CT molecular complexity index is 938. The van der Waals surface area contributed by atoms with E-state index in [1.165, 1.54) is 0 Å². The van der Waals surface area contributed by atoms with Gasteiger partial charge in [-0.2, -0.15) is 5.10 Å². The summed E-state index contributed by atoms with van der Waals surface area (Å²) in [6.07, 6.45) is 3.41. The highest BCUT2D eigenvalue weighted by atomic mass is 16.5. The minimum absolute atomic E-state index is 0.538. The Kier molecular flexibility index (Phi) is 6.73. The number of ether oxygens (including phenoxy) is 2. The van der Waals surface area contributed by atoms with Crippen LogP contribution in [-0.2, 0) is 0 Å². The molecule has 6 nitrogen and oxygen atoms in total. The van der Waals surface area contributed by atoms with Crippen LogP contribution in [0.15, 0.2) is 83.0 Å². The molecule has 0 radical (unpaired) electrons. The van der Waals surface area contributed by atoms with Crippen LogP contribution in [0.5, 0.6) is 11.5 Å². The van der Waals surface area contributed by atoms with Gasteiger partial charge in [-0.05, 0) is 55.5 Å². The molecular weight excluding hydrogens is 352 g/mol. The maximum atomic E-state index is 5.47. The molecular formula is C22H22N4O2. The molecule has 1 heterocycles. The highest BCUT2D eigenvalue weighted by molar-refractivity contribution is 5.99. The van der Waals surface area contributed by atoms with Gasteiger partial charge in [-0.3, -0.25) is 10.4 Å². The lowest BCUT2D eigenvalue weighted by Gasteiger charge is -2.07. The molecule has 0 aliphatic rings. The van der Waals surface area contributed by atoms with Crippen molar-refractivity contribution < 1.29 is 9.47 Å². The van der Waals surface area contributed by atoms with Gasteiger partial charge in [0.1, 0.15) is 17.2 Å². The molecule has 0 spiro atoms. The number of amidine groups is 1. The van der Waals surface area contributed by atoms with E-state index in [2.05, 4.69) is 20.5 Å². The van der Waals surface area contributed by atoms with E-state index in [4.69, 9.17) is 9.47 Å². The standard InChI is InChI=1S/C22H22N4O2/c1-3-28-19-13-11-18(12-14-19)25-22(20-9-6-7-15-23-20)26-24-16-17-8-4-5-10-21(17)27-2/h4-16H,3H2,1-2H3,(H,25,26)/b24-16-. The van der Waals surface area contributed by atoms with E-state index in [1.807, 2.05) is 73.7 Å². The normalized spacial score (nSPS) is 11.4. The van der Waals surface area contributed by atoms with Crippen LogP contribution in [0.2, 0.25) is 0 Å². The van der Waals surface area contributed by atoms with Crippen molar-refractivity contribution in [1.82, 2.24) is 10.4 Å². The van der Waals surface area contributed by atoms with Crippen molar-refractivity contribution in [3.05, 3.63) is 84.2 Å². The van der Waals surface area contributed by atoms with E-state index in [1.54, 1.807) is 19.5 Å². The average Bonchev–Trinajstić information content (AvgIpc) is 2.75. The van der Waals surface area contributed by atoms with Crippen LogP contribution in [0, 0.1) is 0 Å². The molecule has 6 heteroatoms. The zero-order valence-electron chi connectivity index (χ0n) is 15.9. The number of hydrazone groups is 1. The van der Waals surface area contributed by atoms with E-state index >= 15 is 0 Å². The SMILES string of the molecule is CCOc1ccc(N=C(N/N=C\c2ccccc2OC)c2ccccn2)cc1. The zero-order valence-corrected chi connectivity index (χ0v) is 15.9. The van der Waals surface area contributed by atoms with Gasteiger partial charge in [-0.1, -0.05) is 18.2 Å². The fourth-order valence-electron chi connectivity index (χ4n) is 2.49. The number of rotatable bonds is 7. The summed E-state index contributed by atoms with van der Waals surface area (Å²) in [5.41, 5.74) is 5.31. The minimum Gasteiger partial charge on any atom is -0.496 e. The Morgan fingerprint density at radius 1 is 1.04 bits per heavy atom. The number of aromatic nitrogens is 1. The Labute approximate surface area is 164 Å². The molecule has 2 aromatic carbocycles. The van der Waals surface area contributed by atoms with Crippen LogP contribution in [0.4, 0.5) is 5.69 Å². The van der Waals surface area contributed by atoms with Crippen LogP contribution >= 0.6 is 0 Å². The van der Waals surface area contributed by atoms with Gasteiger partial charge in [0.05, 0.1) is 25.6 Å². The van der Waals surface area contributed by atoms with Crippen molar-refractivity contribution in [3.8, 4) is 11.5 Å². The molecule has 3 rings (SSSR count). The van der Waals surface area contributed by atoms with E-state index in [-0.39, 0.29) is 0 Å². The second-order valence-corrected chi connectivity index (χ2v) is 5.71. The van der Waals surface area contributed by atoms with Gasteiger partial charge in [-0.15, -0.1) is 0 Å². The Morgan fingerprint density at radius 2 is 1.82 bits per heavy atom. The van der Waals surface area contributed by atoms with Crippen molar-refractivity contribution in [3.63, 3.8) is 0 Å². The third-order valence-electron chi connectivity index (χ3n) is 3.81. The largest absolute Gasteiger partial charge is 0.496 e. The Balaban J connectivity index is 1.84. The number of nitrogens with zero attached hydrogens (tertiary/aromatic N) is 3. The minimum atomic E-state index is 0.538. The Hall–Kier alpha value is -3.67. The van der Waals surface area contributed by atoms with Gasteiger partial charge in [0.15, 0.2) is 5.84 Å². The quantitative estimate of drug-likeness (QED) is 0.382. The van der Waals surface area contributed by atoms with E-state index in [9.17, 15) is 0 Å². The van der Waals surface area contributed by atoms with E-state index < -0.39 is 0 Å². The first kappa shape index (κ1) is 19.1. The number of para-hydroxylation sites is 1. The number of pyridine rings is 1. The molecule has 28 heavy (non-hydrogen) atoms.